The smallest absolute Gasteiger partial charge is 0.275 e. The third kappa shape index (κ3) is 9.03. The first-order valence-electron chi connectivity index (χ1n) is 10.7. The number of amides is 2. The molecule has 0 aromatic heterocycles. The molecule has 0 aliphatic carbocycles. The number of carbonyl (C=O) groups is 2. The first-order chi connectivity index (χ1) is 12.9. The van der Waals surface area contributed by atoms with Crippen LogP contribution in [0.1, 0.15) is 25.7 Å². The van der Waals surface area contributed by atoms with Crippen molar-refractivity contribution >= 4 is 11.8 Å². The van der Waals surface area contributed by atoms with Crippen molar-refractivity contribution in [1.29, 1.82) is 0 Å². The van der Waals surface area contributed by atoms with Crippen LogP contribution < -0.4 is 52.9 Å². The molecule has 178 valence electrons. The molecule has 1 N–H and O–H groups in total. The first-order valence-corrected chi connectivity index (χ1v) is 10.7. The molecule has 2 fully saturated rings. The van der Waals surface area contributed by atoms with Crippen LogP contribution in [0.2, 0.25) is 0 Å². The molecular formula is C21H43I2N5O2. The molecule has 2 heterocycles. The van der Waals surface area contributed by atoms with Gasteiger partial charge in [-0.25, -0.2) is 0 Å². The zero-order valence-electron chi connectivity index (χ0n) is 19.8. The van der Waals surface area contributed by atoms with Crippen LogP contribution in [0.4, 0.5) is 0 Å². The summed E-state index contributed by atoms with van der Waals surface area (Å²) in [6.45, 7) is 3.88. The Morgan fingerprint density at radius 1 is 0.733 bits per heavy atom. The van der Waals surface area contributed by atoms with Crippen LogP contribution in [0.15, 0.2) is 0 Å². The van der Waals surface area contributed by atoms with Gasteiger partial charge >= 0.3 is 0 Å². The average molecular weight is 651 g/mol. The van der Waals surface area contributed by atoms with Crippen LogP contribution in [0.25, 0.3) is 0 Å². The maximum absolute atomic E-state index is 12.6. The molecule has 9 heteroatoms. The Kier molecular flexibility index (Phi) is 12.6. The van der Waals surface area contributed by atoms with Gasteiger partial charge in [0.1, 0.15) is 13.1 Å². The van der Waals surface area contributed by atoms with Crippen LogP contribution in [0, 0.1) is 7.05 Å². The van der Waals surface area contributed by atoms with Gasteiger partial charge in [-0.05, 0) is 0 Å². The van der Waals surface area contributed by atoms with E-state index < -0.39 is 0 Å². The minimum Gasteiger partial charge on any atom is -1.00 e. The Morgan fingerprint density at radius 3 is 1.23 bits per heavy atom. The quantitative estimate of drug-likeness (QED) is 0.177. The van der Waals surface area contributed by atoms with Gasteiger partial charge in [-0.15, -0.1) is 7.05 Å². The molecule has 0 spiro atoms. The fourth-order valence-corrected chi connectivity index (χ4v) is 4.49. The Labute approximate surface area is 218 Å². The van der Waals surface area contributed by atoms with Gasteiger partial charge in [0.2, 0.25) is 0 Å². The number of nitrogens with one attached hydrogen (secondary N) is 1. The third-order valence-corrected chi connectivity index (χ3v) is 6.63. The lowest BCUT2D eigenvalue weighted by molar-refractivity contribution is -0.897. The molecule has 30 heavy (non-hydrogen) atoms. The zero-order chi connectivity index (χ0) is 21.1. The topological polar surface area (TPSA) is 45.1 Å². The fraction of sp³-hybridized carbons (Fsp3) is 0.857. The normalized spacial score (nSPS) is 19.3. The van der Waals surface area contributed by atoms with Crippen molar-refractivity contribution in [3.63, 3.8) is 0 Å². The van der Waals surface area contributed by atoms with E-state index in [1.165, 1.54) is 0 Å². The Morgan fingerprint density at radius 2 is 1.00 bits per heavy atom. The van der Waals surface area contributed by atoms with Crippen molar-refractivity contribution in [2.75, 3.05) is 81.6 Å². The van der Waals surface area contributed by atoms with E-state index in [2.05, 4.69) is 49.3 Å². The van der Waals surface area contributed by atoms with E-state index in [0.29, 0.717) is 25.2 Å². The van der Waals surface area contributed by atoms with E-state index >= 15 is 0 Å². The summed E-state index contributed by atoms with van der Waals surface area (Å²) >= 11 is 0. The molecule has 2 saturated heterocycles. The van der Waals surface area contributed by atoms with Crippen molar-refractivity contribution in [1.82, 2.24) is 9.80 Å². The number of carbonyl (C=O) groups excluding carboxylic acids is 2. The SMILES string of the molecule is [CH2-][NH+](CC(=O)N1CCC([N+](C)(C)C)CC1)CC(=O)N1CCC([N+](C)(C)C)CC1.[I-].[I-]. The number of likely N-dealkylation sites (tertiary alicyclic amines) is 2. The molecule has 0 aromatic carbocycles. The summed E-state index contributed by atoms with van der Waals surface area (Å²) in [6, 6.07) is 1.23. The van der Waals surface area contributed by atoms with Crippen LogP contribution in [-0.4, -0.2) is 124 Å². The monoisotopic (exact) mass is 651 g/mol. The zero-order valence-corrected chi connectivity index (χ0v) is 24.1. The number of halogens is 2. The predicted octanol–water partition coefficient (Wildman–Crippen LogP) is -6.93. The number of hydrogen-bond acceptors (Lipinski definition) is 2. The highest BCUT2D eigenvalue weighted by molar-refractivity contribution is 5.79. The van der Waals surface area contributed by atoms with E-state index in [1.54, 1.807) is 0 Å². The molecule has 2 rings (SSSR count). The summed E-state index contributed by atoms with van der Waals surface area (Å²) in [5.41, 5.74) is 0. The van der Waals surface area contributed by atoms with Crippen LogP contribution in [-0.2, 0) is 9.59 Å². The van der Waals surface area contributed by atoms with Crippen molar-refractivity contribution in [3.8, 4) is 0 Å². The van der Waals surface area contributed by atoms with Gasteiger partial charge in [0.05, 0.1) is 54.4 Å². The second kappa shape index (κ2) is 12.5. The van der Waals surface area contributed by atoms with Crippen LogP contribution in [0.5, 0.6) is 0 Å². The highest BCUT2D eigenvalue weighted by atomic mass is 127. The summed E-state index contributed by atoms with van der Waals surface area (Å²) in [4.78, 5) is 29.9. The van der Waals surface area contributed by atoms with E-state index in [-0.39, 0.29) is 59.8 Å². The van der Waals surface area contributed by atoms with Gasteiger partial charge in [0.15, 0.2) is 0 Å². The van der Waals surface area contributed by atoms with Gasteiger partial charge in [0.25, 0.3) is 11.8 Å². The van der Waals surface area contributed by atoms with E-state index in [1.807, 2.05) is 9.80 Å². The van der Waals surface area contributed by atoms with Crippen LogP contribution >= 0.6 is 0 Å². The number of quaternary nitrogens is 3. The Hall–Kier alpha value is 0.280. The molecule has 0 radical (unpaired) electrons. The highest BCUT2D eigenvalue weighted by Gasteiger charge is 2.33. The molecule has 0 aromatic rings. The number of rotatable bonds is 6. The van der Waals surface area contributed by atoms with Gasteiger partial charge in [-0.2, -0.15) is 0 Å². The third-order valence-electron chi connectivity index (χ3n) is 6.63. The van der Waals surface area contributed by atoms with Gasteiger partial charge in [-0.1, -0.05) is 0 Å². The lowest BCUT2D eigenvalue weighted by Crippen LogP contribution is -3.09. The fourth-order valence-electron chi connectivity index (χ4n) is 4.49. The second-order valence-corrected chi connectivity index (χ2v) is 10.6. The standard InChI is InChI=1S/C21H43N5O2.2HI/c1-22(16-20(27)23-12-8-18(9-13-23)25(2,3)4)17-21(28)24-14-10-19(11-15-24)26(5,6)7;;/h18-19,22H,1,8-17H2,2-7H3;2*1H/q+2;;/p-2. The summed E-state index contributed by atoms with van der Waals surface area (Å²) < 4.78 is 1.90. The molecule has 0 unspecified atom stereocenters. The van der Waals surface area contributed by atoms with E-state index in [4.69, 9.17) is 0 Å². The van der Waals surface area contributed by atoms with Crippen molar-refractivity contribution in [2.45, 2.75) is 37.8 Å². The molecular weight excluding hydrogens is 608 g/mol. The van der Waals surface area contributed by atoms with Gasteiger partial charge < -0.3 is 71.6 Å². The number of hydrogen-bond donors (Lipinski definition) is 1. The molecule has 0 atom stereocenters. The summed E-state index contributed by atoms with van der Waals surface area (Å²) in [5, 5.41) is 0. The summed E-state index contributed by atoms with van der Waals surface area (Å²) in [7, 11) is 17.4. The Balaban J connectivity index is 0.00000420. The molecule has 2 aliphatic heterocycles. The van der Waals surface area contributed by atoms with Gasteiger partial charge in [-0.3, -0.25) is 9.59 Å². The maximum Gasteiger partial charge on any atom is 0.275 e. The lowest BCUT2D eigenvalue weighted by atomic mass is 10.0. The van der Waals surface area contributed by atoms with E-state index in [0.717, 1.165) is 65.7 Å². The van der Waals surface area contributed by atoms with Crippen molar-refractivity contribution < 1.29 is 71.4 Å². The highest BCUT2D eigenvalue weighted by Crippen LogP contribution is 2.19. The Bertz CT molecular complexity index is 499. The molecule has 7 nitrogen and oxygen atoms in total. The number of nitrogens with zero attached hydrogens (tertiary/aromatic N) is 4. The number of piperidine rings is 2. The predicted molar refractivity (Wildman–Crippen MR) is 111 cm³/mol. The summed E-state index contributed by atoms with van der Waals surface area (Å²) in [5.74, 6) is 0.253. The minimum absolute atomic E-state index is 0. The minimum atomic E-state index is 0. The summed E-state index contributed by atoms with van der Waals surface area (Å²) in [6.07, 6.45) is 4.17. The molecule has 0 saturated carbocycles. The molecule has 2 amide bonds. The van der Waals surface area contributed by atoms with Gasteiger partial charge in [0, 0.05) is 51.9 Å². The second-order valence-electron chi connectivity index (χ2n) is 10.6. The molecule has 0 bridgehead atoms. The average Bonchev–Trinajstić information content (AvgIpc) is 2.60. The van der Waals surface area contributed by atoms with E-state index in [9.17, 15) is 9.59 Å². The largest absolute Gasteiger partial charge is 1.00 e. The van der Waals surface area contributed by atoms with Crippen molar-refractivity contribution in [3.05, 3.63) is 7.05 Å². The van der Waals surface area contributed by atoms with Crippen LogP contribution in [0.3, 0.4) is 0 Å². The molecule has 2 aliphatic rings. The first kappa shape index (κ1) is 30.3. The maximum atomic E-state index is 12.6. The van der Waals surface area contributed by atoms with Crippen molar-refractivity contribution in [2.24, 2.45) is 0 Å². The lowest BCUT2D eigenvalue weighted by Gasteiger charge is -2.41.